The fourth-order valence-corrected chi connectivity index (χ4v) is 5.09. The number of aromatic nitrogens is 3. The number of carbonyl (C=O) groups is 1. The van der Waals surface area contributed by atoms with Gasteiger partial charge in [-0.15, -0.1) is 0 Å². The summed E-state index contributed by atoms with van der Waals surface area (Å²) < 4.78 is 16.3. The number of carbonyl (C=O) groups excluding carboxylic acids is 1. The number of nitrogens with one attached hydrogen (secondary N) is 1. The molecule has 0 spiro atoms. The molecule has 0 bridgehead atoms. The van der Waals surface area contributed by atoms with E-state index in [4.69, 9.17) is 0 Å². The van der Waals surface area contributed by atoms with Crippen molar-refractivity contribution in [2.24, 2.45) is 0 Å². The number of likely N-dealkylation sites (tertiary alicyclic amines) is 1. The molecule has 0 saturated carbocycles. The SMILES string of the molecule is O=C(c1cc(-c2ccccc2F)nc2ccccc12)N1CCC(n2c(=O)[nH]c3ccccc32)CC1. The van der Waals surface area contributed by atoms with Crippen LogP contribution in [0.4, 0.5) is 4.39 Å². The van der Waals surface area contributed by atoms with Gasteiger partial charge in [-0.3, -0.25) is 9.36 Å². The van der Waals surface area contributed by atoms with E-state index in [9.17, 15) is 14.0 Å². The van der Waals surface area contributed by atoms with E-state index in [-0.39, 0.29) is 23.5 Å². The Bertz CT molecular complexity index is 1630. The molecule has 6 nitrogen and oxygen atoms in total. The second kappa shape index (κ2) is 8.51. The van der Waals surface area contributed by atoms with Crippen LogP contribution in [0.5, 0.6) is 0 Å². The van der Waals surface area contributed by atoms with Crippen molar-refractivity contribution >= 4 is 27.8 Å². The lowest BCUT2D eigenvalue weighted by atomic mass is 10.00. The summed E-state index contributed by atoms with van der Waals surface area (Å²) in [5.74, 6) is -0.482. The van der Waals surface area contributed by atoms with Crippen LogP contribution in [0.25, 0.3) is 33.2 Å². The van der Waals surface area contributed by atoms with E-state index in [1.165, 1.54) is 6.07 Å². The fraction of sp³-hybridized carbons (Fsp3) is 0.179. The number of hydrogen-bond acceptors (Lipinski definition) is 3. The number of aromatic amines is 1. The number of hydrogen-bond donors (Lipinski definition) is 1. The molecule has 1 saturated heterocycles. The lowest BCUT2D eigenvalue weighted by Gasteiger charge is -2.33. The fourth-order valence-electron chi connectivity index (χ4n) is 5.09. The number of para-hydroxylation sites is 3. The largest absolute Gasteiger partial charge is 0.338 e. The van der Waals surface area contributed by atoms with E-state index in [0.29, 0.717) is 48.3 Å². The Kier molecular flexibility index (Phi) is 5.17. The highest BCUT2D eigenvalue weighted by atomic mass is 19.1. The molecule has 0 atom stereocenters. The molecule has 2 aromatic heterocycles. The highest BCUT2D eigenvalue weighted by Gasteiger charge is 2.28. The number of H-pyrrole nitrogens is 1. The second-order valence-corrected chi connectivity index (χ2v) is 8.89. The summed E-state index contributed by atoms with van der Waals surface area (Å²) in [7, 11) is 0. The highest BCUT2D eigenvalue weighted by molar-refractivity contribution is 6.07. The van der Waals surface area contributed by atoms with E-state index >= 15 is 0 Å². The van der Waals surface area contributed by atoms with Crippen LogP contribution < -0.4 is 5.69 Å². The molecule has 5 aromatic rings. The minimum absolute atomic E-state index is 0.0193. The number of imidazole rings is 1. The molecule has 1 fully saturated rings. The maximum Gasteiger partial charge on any atom is 0.326 e. The summed E-state index contributed by atoms with van der Waals surface area (Å²) in [4.78, 5) is 35.7. The minimum atomic E-state index is -0.376. The molecule has 1 amide bonds. The first-order chi connectivity index (χ1) is 17.1. The number of pyridine rings is 1. The second-order valence-electron chi connectivity index (χ2n) is 8.89. The van der Waals surface area contributed by atoms with Gasteiger partial charge in [0.1, 0.15) is 5.82 Å². The molecule has 1 aliphatic rings. The zero-order chi connectivity index (χ0) is 23.9. The van der Waals surface area contributed by atoms with Crippen molar-refractivity contribution in [3.8, 4) is 11.3 Å². The standard InChI is InChI=1S/C28H23FN4O2/c29-22-9-3-1-8-20(22)25-17-21(19-7-2-4-10-23(19)30-25)27(34)32-15-13-18(14-16-32)33-26-12-6-5-11-24(26)31-28(33)35/h1-12,17-18H,13-16H2,(H,31,35). The Labute approximate surface area is 200 Å². The van der Waals surface area contributed by atoms with Gasteiger partial charge in [0.05, 0.1) is 27.8 Å². The minimum Gasteiger partial charge on any atom is -0.338 e. The van der Waals surface area contributed by atoms with Crippen LogP contribution in [0.15, 0.2) is 83.7 Å². The Hall–Kier alpha value is -4.26. The van der Waals surface area contributed by atoms with Gasteiger partial charge < -0.3 is 9.88 Å². The maximum absolute atomic E-state index is 14.5. The van der Waals surface area contributed by atoms with Gasteiger partial charge in [0.25, 0.3) is 5.91 Å². The molecule has 174 valence electrons. The van der Waals surface area contributed by atoms with E-state index in [1.807, 2.05) is 58.0 Å². The average molecular weight is 467 g/mol. The van der Waals surface area contributed by atoms with Crippen molar-refractivity contribution in [1.29, 1.82) is 0 Å². The van der Waals surface area contributed by atoms with Crippen LogP contribution in [-0.2, 0) is 0 Å². The van der Waals surface area contributed by atoms with Crippen molar-refractivity contribution in [3.05, 3.63) is 101 Å². The smallest absolute Gasteiger partial charge is 0.326 e. The lowest BCUT2D eigenvalue weighted by molar-refractivity contribution is 0.0697. The number of piperidine rings is 1. The Morgan fingerprint density at radius 3 is 2.49 bits per heavy atom. The van der Waals surface area contributed by atoms with Crippen molar-refractivity contribution < 1.29 is 9.18 Å². The third-order valence-electron chi connectivity index (χ3n) is 6.84. The van der Waals surface area contributed by atoms with E-state index in [2.05, 4.69) is 9.97 Å². The highest BCUT2D eigenvalue weighted by Crippen LogP contribution is 2.30. The first-order valence-corrected chi connectivity index (χ1v) is 11.7. The van der Waals surface area contributed by atoms with Crippen LogP contribution in [0.2, 0.25) is 0 Å². The third kappa shape index (κ3) is 3.69. The number of benzene rings is 3. The summed E-state index contributed by atoms with van der Waals surface area (Å²) >= 11 is 0. The Morgan fingerprint density at radius 2 is 1.66 bits per heavy atom. The quantitative estimate of drug-likeness (QED) is 0.399. The molecule has 0 unspecified atom stereocenters. The van der Waals surface area contributed by atoms with Crippen molar-refractivity contribution in [1.82, 2.24) is 19.4 Å². The number of nitrogens with zero attached hydrogens (tertiary/aromatic N) is 3. The third-order valence-corrected chi connectivity index (χ3v) is 6.84. The van der Waals surface area contributed by atoms with Crippen LogP contribution in [0.3, 0.4) is 0 Å². The molecule has 35 heavy (non-hydrogen) atoms. The molecule has 0 radical (unpaired) electrons. The maximum atomic E-state index is 14.5. The van der Waals surface area contributed by atoms with E-state index < -0.39 is 0 Å². The van der Waals surface area contributed by atoms with Gasteiger partial charge >= 0.3 is 5.69 Å². The number of halogens is 1. The molecule has 6 rings (SSSR count). The van der Waals surface area contributed by atoms with Gasteiger partial charge in [-0.25, -0.2) is 14.2 Å². The molecular formula is C28H23FN4O2. The van der Waals surface area contributed by atoms with E-state index in [0.717, 1.165) is 16.4 Å². The summed E-state index contributed by atoms with van der Waals surface area (Å²) in [5.41, 5.74) is 3.55. The summed E-state index contributed by atoms with van der Waals surface area (Å²) in [6.07, 6.45) is 1.35. The van der Waals surface area contributed by atoms with Crippen molar-refractivity contribution in [2.45, 2.75) is 18.9 Å². The predicted octanol–water partition coefficient (Wildman–Crippen LogP) is 5.16. The zero-order valence-corrected chi connectivity index (χ0v) is 18.9. The monoisotopic (exact) mass is 466 g/mol. The Morgan fingerprint density at radius 1 is 0.943 bits per heavy atom. The predicted molar refractivity (Wildman–Crippen MR) is 134 cm³/mol. The first kappa shape index (κ1) is 21.3. The topological polar surface area (TPSA) is 71.0 Å². The molecular weight excluding hydrogens is 443 g/mol. The van der Waals surface area contributed by atoms with Crippen LogP contribution in [0.1, 0.15) is 29.2 Å². The van der Waals surface area contributed by atoms with Gasteiger partial charge in [-0.2, -0.15) is 0 Å². The van der Waals surface area contributed by atoms with Gasteiger partial charge in [-0.1, -0.05) is 42.5 Å². The zero-order valence-electron chi connectivity index (χ0n) is 18.9. The van der Waals surface area contributed by atoms with Gasteiger partial charge in [0.2, 0.25) is 0 Å². The molecule has 3 heterocycles. The first-order valence-electron chi connectivity index (χ1n) is 11.7. The van der Waals surface area contributed by atoms with Crippen LogP contribution in [0, 0.1) is 5.82 Å². The summed E-state index contributed by atoms with van der Waals surface area (Å²) in [6.45, 7) is 1.06. The van der Waals surface area contributed by atoms with Crippen molar-refractivity contribution in [3.63, 3.8) is 0 Å². The van der Waals surface area contributed by atoms with Crippen molar-refractivity contribution in [2.75, 3.05) is 13.1 Å². The molecule has 1 N–H and O–H groups in total. The van der Waals surface area contributed by atoms with Gasteiger partial charge in [0.15, 0.2) is 0 Å². The molecule has 0 aliphatic carbocycles. The molecule has 1 aliphatic heterocycles. The molecule has 7 heteroatoms. The summed E-state index contributed by atoms with van der Waals surface area (Å²) in [6, 6.07) is 23.3. The van der Waals surface area contributed by atoms with Crippen LogP contribution in [-0.4, -0.2) is 38.4 Å². The summed E-state index contributed by atoms with van der Waals surface area (Å²) in [5, 5.41) is 0.743. The van der Waals surface area contributed by atoms with Gasteiger partial charge in [0, 0.05) is 30.1 Å². The van der Waals surface area contributed by atoms with Gasteiger partial charge in [-0.05, 0) is 49.2 Å². The average Bonchev–Trinajstić information content (AvgIpc) is 3.23. The normalized spacial score (nSPS) is 14.6. The van der Waals surface area contributed by atoms with E-state index in [1.54, 1.807) is 24.3 Å². The molecule has 3 aromatic carbocycles. The number of rotatable bonds is 3. The number of fused-ring (bicyclic) bond motifs is 2. The number of amides is 1. The lowest BCUT2D eigenvalue weighted by Crippen LogP contribution is -2.40. The van der Waals surface area contributed by atoms with Crippen LogP contribution >= 0.6 is 0 Å². The Balaban J connectivity index is 1.32.